The third-order valence-corrected chi connectivity index (χ3v) is 14.5. The van der Waals surface area contributed by atoms with Gasteiger partial charge in [0, 0.05) is 44.1 Å². The average Bonchev–Trinajstić information content (AvgIpc) is 4.10. The summed E-state index contributed by atoms with van der Waals surface area (Å²) in [7, 11) is 0. The van der Waals surface area contributed by atoms with Gasteiger partial charge in [-0.15, -0.1) is 0 Å². The number of carbonyl (C=O) groups excluding carboxylic acids is 7. The number of rotatable bonds is 16. The second-order valence-corrected chi connectivity index (χ2v) is 20.6. The predicted molar refractivity (Wildman–Crippen MR) is 291 cm³/mol. The number of phenols is 1. The Kier molecular flexibility index (Phi) is 20.6. The zero-order chi connectivity index (χ0) is 56.8. The van der Waals surface area contributed by atoms with Gasteiger partial charge in [0.2, 0.25) is 35.4 Å². The normalized spacial score (nSPS) is 24.0. The number of aliphatic hydroxyl groups excluding tert-OH is 2. The van der Waals surface area contributed by atoms with Crippen LogP contribution in [0, 0.1) is 0 Å². The lowest BCUT2D eigenvalue weighted by Crippen LogP contribution is -2.61. The summed E-state index contributed by atoms with van der Waals surface area (Å²) in [5.74, 6) is -6.15. The Labute approximate surface area is 458 Å². The second-order valence-electron chi connectivity index (χ2n) is 20.6. The first-order chi connectivity index (χ1) is 37.9. The molecule has 7 amide bonds. The van der Waals surface area contributed by atoms with Gasteiger partial charge in [0.15, 0.2) is 0 Å². The summed E-state index contributed by atoms with van der Waals surface area (Å²) in [5, 5.41) is 54.8. The molecule has 4 aromatic rings. The molecule has 3 fully saturated rings. The molecule has 3 aliphatic heterocycles. The highest BCUT2D eigenvalue weighted by Crippen LogP contribution is 2.28. The minimum Gasteiger partial charge on any atom is -0.508 e. The lowest BCUT2D eigenvalue weighted by Gasteiger charge is -2.32. The molecule has 7 rings (SSSR count). The lowest BCUT2D eigenvalue weighted by molar-refractivity contribution is -0.145. The molecular formula is C58H72N8O13. The van der Waals surface area contributed by atoms with Gasteiger partial charge in [-0.2, -0.15) is 0 Å². The van der Waals surface area contributed by atoms with Crippen molar-refractivity contribution in [2.75, 3.05) is 26.2 Å². The molecule has 0 aromatic heterocycles. The zero-order valence-electron chi connectivity index (χ0n) is 44.5. The highest BCUT2D eigenvalue weighted by molar-refractivity contribution is 6.00. The number of aliphatic hydroxyl groups is 2. The number of aliphatic carboxylic acids is 1. The fourth-order valence-electron chi connectivity index (χ4n) is 10.1. The molecule has 0 bridgehead atoms. The van der Waals surface area contributed by atoms with Gasteiger partial charge >= 0.3 is 5.97 Å². The minimum atomic E-state index is -1.70. The molecule has 11 N–H and O–H groups in total. The number of aryl methyl sites for hydroxylation is 1. The van der Waals surface area contributed by atoms with Crippen LogP contribution in [0.15, 0.2) is 97.1 Å². The number of unbranched alkanes of at least 4 members (excludes halogenated alkanes) is 2. The van der Waals surface area contributed by atoms with Crippen molar-refractivity contribution in [2.24, 2.45) is 5.73 Å². The second kappa shape index (κ2) is 27.6. The molecule has 79 heavy (non-hydrogen) atoms. The molecule has 4 aromatic carbocycles. The Balaban J connectivity index is 1.12. The quantitative estimate of drug-likeness (QED) is 0.0722. The standard InChI is InChI=1S/C58H72N8O13/c1-3-4-5-29-79-44-23-19-39(20-24-44)37-13-11-36(12-14-37)38-15-17-40(18-16-38)52(72)61-45-7-6-28-60-55(75)48-30-41(59)32-65(48)57(77)47(26-27-50(70)71)63-53(73)46(25-10-35-8-21-42(68)22-9-35)62-56(76)49-31-43(69)33-66(49)58(78)51(34(2)67)64-54(45)74/h8-9,11-24,34,41,43,45-49,51,67-69H,3-7,10,25-33,59H2,1-2H3,(H,60,75)(H,61,72)(H,62,76)(H,63,73)(H,64,74)(H,70,71)/t34-,41+,43-,45+,46?,47+,48+,49+,51+/m1/s1. The number of nitrogens with zero attached hydrogens (tertiary/aromatic N) is 2. The van der Waals surface area contributed by atoms with Crippen LogP contribution in [0.2, 0.25) is 0 Å². The van der Waals surface area contributed by atoms with Crippen molar-refractivity contribution < 1.29 is 63.5 Å². The van der Waals surface area contributed by atoms with Crippen molar-refractivity contribution in [2.45, 2.75) is 139 Å². The molecule has 422 valence electrons. The van der Waals surface area contributed by atoms with Crippen LogP contribution in [0.5, 0.6) is 11.5 Å². The molecule has 3 saturated heterocycles. The number of hydrogen-bond acceptors (Lipinski definition) is 13. The maximum absolute atomic E-state index is 14.4. The fourth-order valence-corrected chi connectivity index (χ4v) is 10.1. The Morgan fingerprint density at radius 1 is 0.722 bits per heavy atom. The number of nitrogens with two attached hydrogens (primary N) is 1. The van der Waals surface area contributed by atoms with E-state index in [9.17, 15) is 58.8 Å². The van der Waals surface area contributed by atoms with Crippen LogP contribution in [0.3, 0.4) is 0 Å². The Morgan fingerprint density at radius 3 is 1.94 bits per heavy atom. The Bertz CT molecular complexity index is 2780. The Hall–Kier alpha value is -7.88. The van der Waals surface area contributed by atoms with Crippen LogP contribution < -0.4 is 37.1 Å². The van der Waals surface area contributed by atoms with Crippen LogP contribution in [0.4, 0.5) is 0 Å². The maximum Gasteiger partial charge on any atom is 0.303 e. The monoisotopic (exact) mass is 1090 g/mol. The van der Waals surface area contributed by atoms with E-state index in [1.807, 2.05) is 48.5 Å². The van der Waals surface area contributed by atoms with Crippen LogP contribution in [0.1, 0.15) is 94.0 Å². The number of benzene rings is 4. The van der Waals surface area contributed by atoms with Crippen LogP contribution in [-0.2, 0) is 40.0 Å². The van der Waals surface area contributed by atoms with Crippen LogP contribution >= 0.6 is 0 Å². The lowest BCUT2D eigenvalue weighted by atomic mass is 9.99. The van der Waals surface area contributed by atoms with Gasteiger partial charge in [-0.05, 0) is 116 Å². The zero-order valence-corrected chi connectivity index (χ0v) is 44.5. The molecule has 3 heterocycles. The highest BCUT2D eigenvalue weighted by Gasteiger charge is 2.45. The maximum atomic E-state index is 14.4. The van der Waals surface area contributed by atoms with Crippen molar-refractivity contribution in [3.8, 4) is 33.8 Å². The molecular weight excluding hydrogens is 1020 g/mol. The predicted octanol–water partition coefficient (Wildman–Crippen LogP) is 2.53. The molecule has 21 heteroatoms. The van der Waals surface area contributed by atoms with Crippen molar-refractivity contribution >= 4 is 47.3 Å². The number of amides is 7. The molecule has 0 spiro atoms. The van der Waals surface area contributed by atoms with Gasteiger partial charge in [-0.3, -0.25) is 38.4 Å². The average molecular weight is 1090 g/mol. The van der Waals surface area contributed by atoms with E-state index in [4.69, 9.17) is 10.5 Å². The van der Waals surface area contributed by atoms with Gasteiger partial charge in [0.05, 0.1) is 18.8 Å². The van der Waals surface area contributed by atoms with E-state index in [1.54, 1.807) is 36.4 Å². The molecule has 9 atom stereocenters. The first-order valence-corrected chi connectivity index (χ1v) is 27.0. The third-order valence-electron chi connectivity index (χ3n) is 14.5. The van der Waals surface area contributed by atoms with E-state index in [1.165, 1.54) is 24.0 Å². The van der Waals surface area contributed by atoms with Crippen molar-refractivity contribution in [1.82, 2.24) is 36.4 Å². The third kappa shape index (κ3) is 15.9. The first-order valence-electron chi connectivity index (χ1n) is 27.0. The van der Waals surface area contributed by atoms with Gasteiger partial charge in [0.1, 0.15) is 47.8 Å². The largest absolute Gasteiger partial charge is 0.508 e. The topological polar surface area (TPSA) is 319 Å². The smallest absolute Gasteiger partial charge is 0.303 e. The van der Waals surface area contributed by atoms with E-state index < -0.39 is 121 Å². The molecule has 0 aliphatic carbocycles. The summed E-state index contributed by atoms with van der Waals surface area (Å²) in [4.78, 5) is 114. The van der Waals surface area contributed by atoms with E-state index in [0.717, 1.165) is 52.2 Å². The number of fused-ring (bicyclic) bond motifs is 2. The summed E-state index contributed by atoms with van der Waals surface area (Å²) < 4.78 is 5.86. The van der Waals surface area contributed by atoms with Crippen LogP contribution in [-0.4, -0.2) is 158 Å². The van der Waals surface area contributed by atoms with Gasteiger partial charge in [-0.25, -0.2) is 0 Å². The summed E-state index contributed by atoms with van der Waals surface area (Å²) in [5.41, 5.74) is 10.9. The molecule has 21 nitrogen and oxygen atoms in total. The number of carboxylic acid groups (broad SMARTS) is 1. The highest BCUT2D eigenvalue weighted by atomic mass is 16.5. The van der Waals surface area contributed by atoms with Crippen molar-refractivity contribution in [3.63, 3.8) is 0 Å². The number of hydrogen-bond donors (Lipinski definition) is 10. The van der Waals surface area contributed by atoms with Crippen LogP contribution in [0.25, 0.3) is 22.3 Å². The summed E-state index contributed by atoms with van der Waals surface area (Å²) in [6.07, 6.45) is -0.791. The first kappa shape index (κ1) is 58.8. The van der Waals surface area contributed by atoms with Gasteiger partial charge in [-0.1, -0.05) is 80.4 Å². The SMILES string of the molecule is CCCCCOc1ccc(-c2ccc(-c3ccc(C(=O)N[C@H]4CCCNC(=O)[C@@H]5C[C@H](N)CN5C(=O)[C@H](CCC(=O)O)NC(=O)C(CCc5ccc(O)cc5)NC(=O)[C@@H]5C[C@@H](O)CN5C(=O)[C@H]([C@@H](C)O)NC4=O)cc3)cc2)cc1. The fraction of sp³-hybridized carbons (Fsp3) is 0.448. The summed E-state index contributed by atoms with van der Waals surface area (Å²) in [6.45, 7) is 3.49. The van der Waals surface area contributed by atoms with Gasteiger partial charge in [0.25, 0.3) is 5.91 Å². The number of carbonyl (C=O) groups is 8. The van der Waals surface area contributed by atoms with E-state index in [2.05, 4.69) is 33.5 Å². The number of nitrogens with one attached hydrogen (secondary N) is 5. The molecule has 0 saturated carbocycles. The van der Waals surface area contributed by atoms with Gasteiger partial charge < -0.3 is 67.3 Å². The van der Waals surface area contributed by atoms with E-state index in [0.29, 0.717) is 12.2 Å². The minimum absolute atomic E-state index is 0.0140. The summed E-state index contributed by atoms with van der Waals surface area (Å²) in [6, 6.07) is 19.4. The van der Waals surface area contributed by atoms with Crippen molar-refractivity contribution in [1.29, 1.82) is 0 Å². The number of carboxylic acids is 1. The molecule has 0 radical (unpaired) electrons. The number of phenolic OH excluding ortho intramolecular Hbond substituents is 1. The van der Waals surface area contributed by atoms with E-state index in [-0.39, 0.29) is 62.9 Å². The Morgan fingerprint density at radius 2 is 1.32 bits per heavy atom. The number of ether oxygens (including phenoxy) is 1. The van der Waals surface area contributed by atoms with Crippen molar-refractivity contribution in [3.05, 3.63) is 108 Å². The number of aromatic hydroxyl groups is 1. The van der Waals surface area contributed by atoms with E-state index >= 15 is 0 Å². The molecule has 1 unspecified atom stereocenters. The molecule has 3 aliphatic rings. The summed E-state index contributed by atoms with van der Waals surface area (Å²) >= 11 is 0.